The maximum absolute atomic E-state index is 9.76. The van der Waals surface area contributed by atoms with Crippen LogP contribution < -0.4 is 5.32 Å². The van der Waals surface area contributed by atoms with Gasteiger partial charge in [-0.3, -0.25) is 0 Å². The Morgan fingerprint density at radius 3 is 2.56 bits per heavy atom. The Kier molecular flexibility index (Phi) is 5.89. The first-order chi connectivity index (χ1) is 8.39. The summed E-state index contributed by atoms with van der Waals surface area (Å²) in [5.41, 5.74) is -0.191. The molecule has 3 N–H and O–H groups in total. The molecule has 102 valence electrons. The molecular formula is C13H19Cl2NO2. The van der Waals surface area contributed by atoms with Gasteiger partial charge >= 0.3 is 0 Å². The summed E-state index contributed by atoms with van der Waals surface area (Å²) in [7, 11) is 0. The van der Waals surface area contributed by atoms with Crippen molar-refractivity contribution in [2.45, 2.75) is 31.9 Å². The minimum absolute atomic E-state index is 0.0211. The number of benzene rings is 1. The summed E-state index contributed by atoms with van der Waals surface area (Å²) in [6, 6.07) is 5.39. The summed E-state index contributed by atoms with van der Waals surface area (Å²) in [6.07, 6.45) is 0.822. The highest BCUT2D eigenvalue weighted by Crippen LogP contribution is 2.28. The van der Waals surface area contributed by atoms with Gasteiger partial charge in [-0.1, -0.05) is 36.2 Å². The van der Waals surface area contributed by atoms with Crippen LogP contribution in [0.25, 0.3) is 0 Å². The van der Waals surface area contributed by atoms with Crippen LogP contribution in [0.5, 0.6) is 0 Å². The maximum atomic E-state index is 9.76. The van der Waals surface area contributed by atoms with Crippen molar-refractivity contribution in [3.05, 3.63) is 33.8 Å². The smallest absolute Gasteiger partial charge is 0.0973 e. The van der Waals surface area contributed by atoms with E-state index in [1.165, 1.54) is 0 Å². The van der Waals surface area contributed by atoms with Crippen molar-refractivity contribution in [2.75, 3.05) is 13.2 Å². The molecule has 0 heterocycles. The predicted molar refractivity (Wildman–Crippen MR) is 75.2 cm³/mol. The molecule has 2 unspecified atom stereocenters. The Morgan fingerprint density at radius 1 is 1.39 bits per heavy atom. The van der Waals surface area contributed by atoms with E-state index in [0.717, 1.165) is 12.0 Å². The minimum atomic E-state index is -1.13. The fourth-order valence-corrected chi connectivity index (χ4v) is 2.20. The highest BCUT2D eigenvalue weighted by molar-refractivity contribution is 6.35. The first kappa shape index (κ1) is 15.7. The van der Waals surface area contributed by atoms with E-state index in [4.69, 9.17) is 28.3 Å². The number of aliphatic hydroxyl groups is 2. The number of rotatable bonds is 6. The van der Waals surface area contributed by atoms with Crippen molar-refractivity contribution in [3.8, 4) is 0 Å². The topological polar surface area (TPSA) is 52.5 Å². The summed E-state index contributed by atoms with van der Waals surface area (Å²) in [5.74, 6) is 0. The van der Waals surface area contributed by atoms with Crippen LogP contribution in [0.1, 0.15) is 31.9 Å². The van der Waals surface area contributed by atoms with Crippen molar-refractivity contribution in [1.29, 1.82) is 0 Å². The zero-order chi connectivity index (χ0) is 13.8. The number of aliphatic hydroxyl groups excluding tert-OH is 1. The highest BCUT2D eigenvalue weighted by Gasteiger charge is 2.21. The molecule has 1 aromatic rings. The number of hydrogen-bond acceptors (Lipinski definition) is 3. The zero-order valence-electron chi connectivity index (χ0n) is 10.6. The first-order valence-electron chi connectivity index (χ1n) is 5.91. The molecule has 0 fully saturated rings. The highest BCUT2D eigenvalue weighted by atomic mass is 35.5. The molecule has 0 aliphatic heterocycles. The molecule has 3 nitrogen and oxygen atoms in total. The van der Waals surface area contributed by atoms with Crippen LogP contribution in [0.4, 0.5) is 0 Å². The summed E-state index contributed by atoms with van der Waals surface area (Å²) >= 11 is 12.0. The number of halogens is 2. The molecule has 0 aromatic heterocycles. The lowest BCUT2D eigenvalue weighted by atomic mass is 10.0. The van der Waals surface area contributed by atoms with Gasteiger partial charge in [-0.25, -0.2) is 0 Å². The van der Waals surface area contributed by atoms with E-state index in [0.29, 0.717) is 16.6 Å². The van der Waals surface area contributed by atoms with Crippen molar-refractivity contribution in [2.24, 2.45) is 0 Å². The van der Waals surface area contributed by atoms with Crippen molar-refractivity contribution in [1.82, 2.24) is 5.32 Å². The SMILES string of the molecule is CCC(NCC(C)(O)CO)c1ccc(Cl)cc1Cl. The van der Waals surface area contributed by atoms with Gasteiger partial charge in [-0.15, -0.1) is 0 Å². The first-order valence-corrected chi connectivity index (χ1v) is 6.67. The second kappa shape index (κ2) is 6.73. The standard InChI is InChI=1S/C13H19Cl2NO2/c1-3-12(16-7-13(2,18)8-17)10-5-4-9(14)6-11(10)15/h4-6,12,16-18H,3,7-8H2,1-2H3. The molecular weight excluding hydrogens is 273 g/mol. The molecule has 0 aliphatic rings. The number of nitrogens with one attached hydrogen (secondary N) is 1. The van der Waals surface area contributed by atoms with E-state index in [1.54, 1.807) is 19.1 Å². The lowest BCUT2D eigenvalue weighted by Gasteiger charge is -2.26. The van der Waals surface area contributed by atoms with Crippen LogP contribution in [0.2, 0.25) is 10.0 Å². The average Bonchev–Trinajstić information content (AvgIpc) is 2.32. The Hall–Kier alpha value is -0.320. The second-order valence-electron chi connectivity index (χ2n) is 4.66. The van der Waals surface area contributed by atoms with E-state index in [-0.39, 0.29) is 12.6 Å². The Bertz CT molecular complexity index is 397. The molecule has 0 aliphatic carbocycles. The fraction of sp³-hybridized carbons (Fsp3) is 0.538. The van der Waals surface area contributed by atoms with Gasteiger partial charge < -0.3 is 15.5 Å². The van der Waals surface area contributed by atoms with Crippen LogP contribution in [-0.4, -0.2) is 29.0 Å². The van der Waals surface area contributed by atoms with Crippen LogP contribution in [-0.2, 0) is 0 Å². The maximum Gasteiger partial charge on any atom is 0.0973 e. The lowest BCUT2D eigenvalue weighted by Crippen LogP contribution is -2.42. The molecule has 0 amide bonds. The largest absolute Gasteiger partial charge is 0.393 e. The van der Waals surface area contributed by atoms with Gasteiger partial charge in [-0.05, 0) is 31.0 Å². The summed E-state index contributed by atoms with van der Waals surface area (Å²) < 4.78 is 0. The molecule has 1 aromatic carbocycles. The van der Waals surface area contributed by atoms with Crippen LogP contribution >= 0.6 is 23.2 Å². The van der Waals surface area contributed by atoms with Crippen LogP contribution in [0.3, 0.4) is 0 Å². The molecule has 0 saturated heterocycles. The van der Waals surface area contributed by atoms with E-state index in [2.05, 4.69) is 5.32 Å². The fourth-order valence-electron chi connectivity index (χ4n) is 1.66. The van der Waals surface area contributed by atoms with Gasteiger partial charge in [0.2, 0.25) is 0 Å². The van der Waals surface area contributed by atoms with Gasteiger partial charge in [0.25, 0.3) is 0 Å². The van der Waals surface area contributed by atoms with E-state index in [9.17, 15) is 5.11 Å². The molecule has 0 radical (unpaired) electrons. The molecule has 0 spiro atoms. The molecule has 1 rings (SSSR count). The van der Waals surface area contributed by atoms with Gasteiger partial charge in [0.15, 0.2) is 0 Å². The third-order valence-corrected chi connectivity index (χ3v) is 3.38. The monoisotopic (exact) mass is 291 g/mol. The summed E-state index contributed by atoms with van der Waals surface area (Å²) in [4.78, 5) is 0. The molecule has 18 heavy (non-hydrogen) atoms. The van der Waals surface area contributed by atoms with Crippen LogP contribution in [0, 0.1) is 0 Å². The van der Waals surface area contributed by atoms with Crippen LogP contribution in [0.15, 0.2) is 18.2 Å². The zero-order valence-corrected chi connectivity index (χ0v) is 12.1. The van der Waals surface area contributed by atoms with Gasteiger partial charge in [0, 0.05) is 22.6 Å². The van der Waals surface area contributed by atoms with Crippen molar-refractivity contribution in [3.63, 3.8) is 0 Å². The Balaban J connectivity index is 2.77. The predicted octanol–water partition coefficient (Wildman–Crippen LogP) is 2.78. The third kappa shape index (κ3) is 4.41. The average molecular weight is 292 g/mol. The van der Waals surface area contributed by atoms with E-state index < -0.39 is 5.60 Å². The minimum Gasteiger partial charge on any atom is -0.393 e. The third-order valence-electron chi connectivity index (χ3n) is 2.82. The molecule has 5 heteroatoms. The summed E-state index contributed by atoms with van der Waals surface area (Å²) in [6.45, 7) is 3.61. The molecule has 0 saturated carbocycles. The summed E-state index contributed by atoms with van der Waals surface area (Å²) in [5, 5.41) is 23.2. The van der Waals surface area contributed by atoms with Crippen molar-refractivity contribution < 1.29 is 10.2 Å². The number of hydrogen-bond donors (Lipinski definition) is 3. The van der Waals surface area contributed by atoms with Gasteiger partial charge in [-0.2, -0.15) is 0 Å². The Labute approximate surface area is 118 Å². The lowest BCUT2D eigenvalue weighted by molar-refractivity contribution is 0.000595. The van der Waals surface area contributed by atoms with Gasteiger partial charge in [0.05, 0.1) is 12.2 Å². The molecule has 2 atom stereocenters. The quantitative estimate of drug-likeness (QED) is 0.755. The van der Waals surface area contributed by atoms with Crippen molar-refractivity contribution >= 4 is 23.2 Å². The van der Waals surface area contributed by atoms with E-state index >= 15 is 0 Å². The molecule has 0 bridgehead atoms. The normalized spacial score (nSPS) is 16.3. The van der Waals surface area contributed by atoms with Gasteiger partial charge in [0.1, 0.15) is 0 Å². The van der Waals surface area contributed by atoms with E-state index in [1.807, 2.05) is 13.0 Å². The Morgan fingerprint density at radius 2 is 2.06 bits per heavy atom. The second-order valence-corrected chi connectivity index (χ2v) is 5.51.